The molecule has 5 heteroatoms. The fourth-order valence-corrected chi connectivity index (χ4v) is 2.16. The van der Waals surface area contributed by atoms with Gasteiger partial charge in [0.05, 0.1) is 11.7 Å². The summed E-state index contributed by atoms with van der Waals surface area (Å²) in [6.45, 7) is 5.76. The quantitative estimate of drug-likeness (QED) is 0.836. The van der Waals surface area contributed by atoms with Gasteiger partial charge >= 0.3 is 5.97 Å². The number of carbonyl (C=O) groups excluding carboxylic acids is 1. The van der Waals surface area contributed by atoms with Gasteiger partial charge in [-0.15, -0.1) is 0 Å². The van der Waals surface area contributed by atoms with Crippen LogP contribution in [0.1, 0.15) is 46.5 Å². The molecule has 0 radical (unpaired) electrons. The van der Waals surface area contributed by atoms with Gasteiger partial charge in [0.25, 0.3) is 5.91 Å². The molecule has 0 heterocycles. The summed E-state index contributed by atoms with van der Waals surface area (Å²) < 4.78 is 5.73. The maximum atomic E-state index is 12.4. The number of rotatable bonds is 6. The molecule has 0 aromatic heterocycles. The second kappa shape index (κ2) is 7.64. The lowest BCUT2D eigenvalue weighted by atomic mass is 10.1. The molecule has 24 heavy (non-hydrogen) atoms. The van der Waals surface area contributed by atoms with Crippen molar-refractivity contribution in [1.82, 2.24) is 0 Å². The van der Waals surface area contributed by atoms with Crippen LogP contribution < -0.4 is 10.1 Å². The predicted molar refractivity (Wildman–Crippen MR) is 92.9 cm³/mol. The van der Waals surface area contributed by atoms with Crippen LogP contribution in [-0.2, 0) is 0 Å². The molecule has 0 fully saturated rings. The number of ether oxygens (including phenoxy) is 1. The summed E-state index contributed by atoms with van der Waals surface area (Å²) in [7, 11) is 0. The number of hydrogen-bond acceptors (Lipinski definition) is 3. The van der Waals surface area contributed by atoms with Crippen molar-refractivity contribution in [2.75, 3.05) is 5.32 Å². The number of aryl methyl sites for hydroxylation is 1. The van der Waals surface area contributed by atoms with Crippen molar-refractivity contribution in [1.29, 1.82) is 0 Å². The summed E-state index contributed by atoms with van der Waals surface area (Å²) in [4.78, 5) is 23.4. The molecule has 2 aromatic rings. The Morgan fingerprint density at radius 2 is 1.92 bits per heavy atom. The Kier molecular flexibility index (Phi) is 5.58. The molecule has 0 aliphatic carbocycles. The first-order valence-corrected chi connectivity index (χ1v) is 7.82. The third kappa shape index (κ3) is 4.35. The van der Waals surface area contributed by atoms with Crippen LogP contribution in [0.3, 0.4) is 0 Å². The van der Waals surface area contributed by atoms with E-state index in [1.807, 2.05) is 19.9 Å². The molecule has 2 aromatic carbocycles. The highest BCUT2D eigenvalue weighted by Crippen LogP contribution is 2.20. The van der Waals surface area contributed by atoms with E-state index in [0.29, 0.717) is 22.6 Å². The SMILES string of the molecule is CC[C@@H](C)Oc1cccc(C(=O)Nc2ccc(C(=O)O)cc2C)c1. The first kappa shape index (κ1) is 17.5. The van der Waals surface area contributed by atoms with Crippen LogP contribution in [-0.4, -0.2) is 23.1 Å². The fraction of sp³-hybridized carbons (Fsp3) is 0.263. The first-order chi connectivity index (χ1) is 11.4. The van der Waals surface area contributed by atoms with Crippen molar-refractivity contribution >= 4 is 17.6 Å². The van der Waals surface area contributed by atoms with Gasteiger partial charge in [0.2, 0.25) is 0 Å². The minimum Gasteiger partial charge on any atom is -0.491 e. The molecular formula is C19H21NO4. The molecule has 0 saturated carbocycles. The van der Waals surface area contributed by atoms with Gasteiger partial charge in [-0.2, -0.15) is 0 Å². The van der Waals surface area contributed by atoms with Gasteiger partial charge in [0, 0.05) is 11.3 Å². The van der Waals surface area contributed by atoms with E-state index in [4.69, 9.17) is 9.84 Å². The molecule has 1 atom stereocenters. The van der Waals surface area contributed by atoms with Crippen LogP contribution in [0.5, 0.6) is 5.75 Å². The Morgan fingerprint density at radius 3 is 2.54 bits per heavy atom. The molecule has 5 nitrogen and oxygen atoms in total. The molecule has 1 amide bonds. The van der Waals surface area contributed by atoms with Gasteiger partial charge in [0.15, 0.2) is 0 Å². The summed E-state index contributed by atoms with van der Waals surface area (Å²) in [6.07, 6.45) is 0.958. The van der Waals surface area contributed by atoms with Crippen LogP contribution in [0.4, 0.5) is 5.69 Å². The first-order valence-electron chi connectivity index (χ1n) is 7.82. The summed E-state index contributed by atoms with van der Waals surface area (Å²) in [5, 5.41) is 11.8. The summed E-state index contributed by atoms with van der Waals surface area (Å²) in [6, 6.07) is 11.6. The van der Waals surface area contributed by atoms with Crippen molar-refractivity contribution in [2.45, 2.75) is 33.3 Å². The topological polar surface area (TPSA) is 75.6 Å². The number of nitrogens with one attached hydrogen (secondary N) is 1. The number of hydrogen-bond donors (Lipinski definition) is 2. The maximum Gasteiger partial charge on any atom is 0.335 e. The highest BCUT2D eigenvalue weighted by atomic mass is 16.5. The van der Waals surface area contributed by atoms with Crippen molar-refractivity contribution in [3.63, 3.8) is 0 Å². The zero-order chi connectivity index (χ0) is 17.7. The van der Waals surface area contributed by atoms with Gasteiger partial charge in [-0.1, -0.05) is 13.0 Å². The summed E-state index contributed by atoms with van der Waals surface area (Å²) in [5.41, 5.74) is 1.94. The van der Waals surface area contributed by atoms with Crippen LogP contribution in [0.2, 0.25) is 0 Å². The van der Waals surface area contributed by atoms with Crippen molar-refractivity contribution in [3.05, 3.63) is 59.2 Å². The molecule has 2 N–H and O–H groups in total. The second-order valence-corrected chi connectivity index (χ2v) is 5.65. The van der Waals surface area contributed by atoms with Crippen molar-refractivity contribution in [2.24, 2.45) is 0 Å². The second-order valence-electron chi connectivity index (χ2n) is 5.65. The summed E-state index contributed by atoms with van der Waals surface area (Å²) >= 11 is 0. The van der Waals surface area contributed by atoms with E-state index in [1.165, 1.54) is 12.1 Å². The Bertz CT molecular complexity index is 755. The number of carboxylic acid groups (broad SMARTS) is 1. The minimum absolute atomic E-state index is 0.0779. The number of aromatic carboxylic acids is 1. The summed E-state index contributed by atoms with van der Waals surface area (Å²) in [5.74, 6) is -0.614. The smallest absolute Gasteiger partial charge is 0.335 e. The fourth-order valence-electron chi connectivity index (χ4n) is 2.16. The predicted octanol–water partition coefficient (Wildman–Crippen LogP) is 4.12. The highest BCUT2D eigenvalue weighted by molar-refractivity contribution is 6.05. The molecule has 0 saturated heterocycles. The minimum atomic E-state index is -0.995. The number of amides is 1. The van der Waals surface area contributed by atoms with Gasteiger partial charge in [-0.3, -0.25) is 4.79 Å². The third-order valence-electron chi connectivity index (χ3n) is 3.73. The van der Waals surface area contributed by atoms with Gasteiger partial charge in [0.1, 0.15) is 5.75 Å². The Hall–Kier alpha value is -2.82. The largest absolute Gasteiger partial charge is 0.491 e. The van der Waals surface area contributed by atoms with E-state index in [9.17, 15) is 9.59 Å². The molecule has 2 rings (SSSR count). The lowest BCUT2D eigenvalue weighted by Crippen LogP contribution is -2.14. The van der Waals surface area contributed by atoms with E-state index in [0.717, 1.165) is 6.42 Å². The molecule has 0 bridgehead atoms. The van der Waals surface area contributed by atoms with Crippen LogP contribution in [0.15, 0.2) is 42.5 Å². The lowest BCUT2D eigenvalue weighted by molar-refractivity contribution is 0.0696. The molecule has 0 aliphatic rings. The average Bonchev–Trinajstić information content (AvgIpc) is 2.56. The lowest BCUT2D eigenvalue weighted by Gasteiger charge is -2.14. The maximum absolute atomic E-state index is 12.4. The Morgan fingerprint density at radius 1 is 1.17 bits per heavy atom. The zero-order valence-electron chi connectivity index (χ0n) is 14.0. The number of carboxylic acids is 1. The van der Waals surface area contributed by atoms with Gasteiger partial charge in [-0.25, -0.2) is 4.79 Å². The van der Waals surface area contributed by atoms with E-state index < -0.39 is 5.97 Å². The molecule has 0 spiro atoms. The van der Waals surface area contributed by atoms with E-state index >= 15 is 0 Å². The highest BCUT2D eigenvalue weighted by Gasteiger charge is 2.11. The number of carbonyl (C=O) groups is 2. The van der Waals surface area contributed by atoms with Crippen LogP contribution in [0, 0.1) is 6.92 Å². The van der Waals surface area contributed by atoms with E-state index in [2.05, 4.69) is 5.32 Å². The normalized spacial score (nSPS) is 11.6. The number of benzene rings is 2. The monoisotopic (exact) mass is 327 g/mol. The zero-order valence-corrected chi connectivity index (χ0v) is 14.0. The number of anilines is 1. The third-order valence-corrected chi connectivity index (χ3v) is 3.73. The van der Waals surface area contributed by atoms with E-state index in [1.54, 1.807) is 31.2 Å². The molecular weight excluding hydrogens is 306 g/mol. The molecule has 0 unspecified atom stereocenters. The van der Waals surface area contributed by atoms with E-state index in [-0.39, 0.29) is 17.6 Å². The average molecular weight is 327 g/mol. The Balaban J connectivity index is 2.15. The molecule has 126 valence electrons. The van der Waals surface area contributed by atoms with Crippen LogP contribution >= 0.6 is 0 Å². The van der Waals surface area contributed by atoms with Gasteiger partial charge in [-0.05, 0) is 62.2 Å². The Labute approximate surface area is 141 Å². The van der Waals surface area contributed by atoms with Crippen molar-refractivity contribution < 1.29 is 19.4 Å². The van der Waals surface area contributed by atoms with Crippen molar-refractivity contribution in [3.8, 4) is 5.75 Å². The van der Waals surface area contributed by atoms with Gasteiger partial charge < -0.3 is 15.2 Å². The molecule has 0 aliphatic heterocycles. The van der Waals surface area contributed by atoms with Crippen LogP contribution in [0.25, 0.3) is 0 Å². The standard InChI is InChI=1S/C19H21NO4/c1-4-13(3)24-16-7-5-6-14(11-16)18(21)20-17-9-8-15(19(22)23)10-12(17)2/h5-11,13H,4H2,1-3H3,(H,20,21)(H,22,23)/t13-/m1/s1.